The Morgan fingerprint density at radius 3 is 2.79 bits per heavy atom. The lowest BCUT2D eigenvalue weighted by atomic mass is 10.0. The molecular formula is C19H21N3O5S. The van der Waals surface area contributed by atoms with Crippen LogP contribution < -0.4 is 10.6 Å². The van der Waals surface area contributed by atoms with Crippen LogP contribution in [0.15, 0.2) is 35.5 Å². The summed E-state index contributed by atoms with van der Waals surface area (Å²) in [5.74, 6) is -0.988. The number of hydrogen-bond acceptors (Lipinski definition) is 7. The molecule has 2 N–H and O–H groups in total. The summed E-state index contributed by atoms with van der Waals surface area (Å²) in [6.45, 7) is 3.36. The van der Waals surface area contributed by atoms with Crippen LogP contribution in [0.1, 0.15) is 25.3 Å². The summed E-state index contributed by atoms with van der Waals surface area (Å²) < 4.78 is 11.4. The number of hydrogen-bond donors (Lipinski definition) is 2. The van der Waals surface area contributed by atoms with Crippen molar-refractivity contribution < 1.29 is 23.9 Å². The highest BCUT2D eigenvalue weighted by molar-refractivity contribution is 7.18. The van der Waals surface area contributed by atoms with Gasteiger partial charge in [0.1, 0.15) is 6.61 Å². The van der Waals surface area contributed by atoms with Gasteiger partial charge in [-0.2, -0.15) is 0 Å². The van der Waals surface area contributed by atoms with Gasteiger partial charge in [-0.15, -0.1) is 11.3 Å². The zero-order chi connectivity index (χ0) is 20.1. The fourth-order valence-electron chi connectivity index (χ4n) is 2.85. The number of carbonyl (C=O) groups excluding carboxylic acids is 3. The molecule has 0 fully saturated rings. The van der Waals surface area contributed by atoms with Gasteiger partial charge in [-0.05, 0) is 26.0 Å². The van der Waals surface area contributed by atoms with Gasteiger partial charge >= 0.3 is 18.0 Å². The Kier molecular flexibility index (Phi) is 6.25. The van der Waals surface area contributed by atoms with Gasteiger partial charge in [0.15, 0.2) is 0 Å². The molecule has 0 aliphatic carbocycles. The minimum Gasteiger partial charge on any atom is -0.463 e. The number of benzene rings is 1. The second-order valence-electron chi connectivity index (χ2n) is 6.17. The third-order valence-electron chi connectivity index (χ3n) is 4.12. The van der Waals surface area contributed by atoms with E-state index in [1.807, 2.05) is 24.3 Å². The van der Waals surface area contributed by atoms with Gasteiger partial charge in [0.05, 0.1) is 45.6 Å². The Morgan fingerprint density at radius 2 is 2.04 bits per heavy atom. The number of para-hydroxylation sites is 1. The Balaban J connectivity index is 1.60. The van der Waals surface area contributed by atoms with Crippen LogP contribution in [0.25, 0.3) is 10.2 Å². The van der Waals surface area contributed by atoms with E-state index in [0.29, 0.717) is 6.42 Å². The van der Waals surface area contributed by atoms with Crippen molar-refractivity contribution in [1.82, 2.24) is 15.6 Å². The molecule has 1 aliphatic rings. The highest BCUT2D eigenvalue weighted by Gasteiger charge is 2.30. The minimum atomic E-state index is -0.553. The summed E-state index contributed by atoms with van der Waals surface area (Å²) in [7, 11) is 0. The highest BCUT2D eigenvalue weighted by Crippen LogP contribution is 2.22. The van der Waals surface area contributed by atoms with Gasteiger partial charge in [0.25, 0.3) is 0 Å². The zero-order valence-corrected chi connectivity index (χ0v) is 16.4. The molecule has 1 aromatic heterocycles. The van der Waals surface area contributed by atoms with Crippen molar-refractivity contribution in [3.8, 4) is 0 Å². The topological polar surface area (TPSA) is 107 Å². The van der Waals surface area contributed by atoms with Crippen molar-refractivity contribution in [1.29, 1.82) is 0 Å². The average molecular weight is 403 g/mol. The van der Waals surface area contributed by atoms with E-state index < -0.39 is 24.0 Å². The SMILES string of the molecule is CCOC(=O)C1=C(COC(=O)CCc2nc3ccccc3s2)NC(=O)N[C@H]1C. The van der Waals surface area contributed by atoms with E-state index in [1.165, 1.54) is 0 Å². The molecular weight excluding hydrogens is 382 g/mol. The van der Waals surface area contributed by atoms with Crippen molar-refractivity contribution in [3.63, 3.8) is 0 Å². The quantitative estimate of drug-likeness (QED) is 0.687. The number of fused-ring (bicyclic) bond motifs is 1. The molecule has 1 aromatic carbocycles. The normalized spacial score (nSPS) is 16.5. The van der Waals surface area contributed by atoms with Gasteiger partial charge in [-0.25, -0.2) is 14.6 Å². The lowest BCUT2D eigenvalue weighted by Gasteiger charge is -2.26. The molecule has 9 heteroatoms. The van der Waals surface area contributed by atoms with E-state index in [-0.39, 0.29) is 30.9 Å². The molecule has 1 atom stereocenters. The molecule has 2 aromatic rings. The molecule has 1 aliphatic heterocycles. The summed E-state index contributed by atoms with van der Waals surface area (Å²) in [4.78, 5) is 40.5. The second kappa shape index (κ2) is 8.83. The number of ether oxygens (including phenoxy) is 2. The predicted octanol–water partition coefficient (Wildman–Crippen LogP) is 2.29. The Bertz CT molecular complexity index is 904. The molecule has 0 bridgehead atoms. The zero-order valence-electron chi connectivity index (χ0n) is 15.6. The number of carbonyl (C=O) groups is 3. The van der Waals surface area contributed by atoms with Gasteiger partial charge in [-0.1, -0.05) is 12.1 Å². The molecule has 8 nitrogen and oxygen atoms in total. The van der Waals surface area contributed by atoms with Crippen LogP contribution in [0.5, 0.6) is 0 Å². The monoisotopic (exact) mass is 403 g/mol. The van der Waals surface area contributed by atoms with Crippen LogP contribution in [-0.4, -0.2) is 42.2 Å². The average Bonchev–Trinajstić information content (AvgIpc) is 3.07. The largest absolute Gasteiger partial charge is 0.463 e. The molecule has 2 heterocycles. The molecule has 0 spiro atoms. The lowest BCUT2D eigenvalue weighted by Crippen LogP contribution is -2.50. The van der Waals surface area contributed by atoms with E-state index in [9.17, 15) is 14.4 Å². The lowest BCUT2D eigenvalue weighted by molar-refractivity contribution is -0.143. The molecule has 0 saturated carbocycles. The molecule has 148 valence electrons. The Morgan fingerprint density at radius 1 is 1.25 bits per heavy atom. The van der Waals surface area contributed by atoms with Gasteiger partial charge in [-0.3, -0.25) is 4.79 Å². The van der Waals surface area contributed by atoms with E-state index in [0.717, 1.165) is 15.2 Å². The summed E-state index contributed by atoms with van der Waals surface area (Å²) in [6.07, 6.45) is 0.621. The molecule has 0 unspecified atom stereocenters. The maximum absolute atomic E-state index is 12.1. The third-order valence-corrected chi connectivity index (χ3v) is 5.22. The Labute approximate surface area is 165 Å². The molecule has 2 amide bonds. The first-order valence-corrected chi connectivity index (χ1v) is 9.77. The standard InChI is InChI=1S/C19H21N3O5S/c1-3-26-18(24)17-11(2)20-19(25)22-13(17)10-27-16(23)9-8-15-21-12-6-4-5-7-14(12)28-15/h4-7,11H,3,8-10H2,1-2H3,(H2,20,22,25)/t11-/m0/s1. The van der Waals surface area contributed by atoms with Crippen LogP contribution in [0.3, 0.4) is 0 Å². The number of aryl methyl sites for hydroxylation is 1. The molecule has 3 rings (SSSR count). The van der Waals surface area contributed by atoms with Crippen LogP contribution in [0.4, 0.5) is 4.79 Å². The van der Waals surface area contributed by atoms with E-state index in [1.54, 1.807) is 25.2 Å². The number of urea groups is 1. The maximum Gasteiger partial charge on any atom is 0.338 e. The van der Waals surface area contributed by atoms with E-state index in [2.05, 4.69) is 15.6 Å². The van der Waals surface area contributed by atoms with E-state index >= 15 is 0 Å². The summed E-state index contributed by atoms with van der Waals surface area (Å²) >= 11 is 1.54. The predicted molar refractivity (Wildman–Crippen MR) is 104 cm³/mol. The summed E-state index contributed by atoms with van der Waals surface area (Å²) in [6, 6.07) is 6.78. The number of aromatic nitrogens is 1. The first kappa shape index (κ1) is 19.8. The number of thiazole rings is 1. The van der Waals surface area contributed by atoms with E-state index in [4.69, 9.17) is 9.47 Å². The number of esters is 2. The van der Waals surface area contributed by atoms with Crippen LogP contribution in [0, 0.1) is 0 Å². The van der Waals surface area contributed by atoms with Crippen molar-refractivity contribution in [3.05, 3.63) is 40.5 Å². The van der Waals surface area contributed by atoms with Crippen LogP contribution >= 0.6 is 11.3 Å². The van der Waals surface area contributed by atoms with Crippen LogP contribution in [-0.2, 0) is 25.5 Å². The van der Waals surface area contributed by atoms with Crippen LogP contribution in [0.2, 0.25) is 0 Å². The first-order chi connectivity index (χ1) is 13.5. The van der Waals surface area contributed by atoms with Gasteiger partial charge < -0.3 is 20.1 Å². The van der Waals surface area contributed by atoms with Gasteiger partial charge in [0.2, 0.25) is 0 Å². The molecule has 28 heavy (non-hydrogen) atoms. The van der Waals surface area contributed by atoms with Crippen molar-refractivity contribution in [2.45, 2.75) is 32.7 Å². The summed E-state index contributed by atoms with van der Waals surface area (Å²) in [5.41, 5.74) is 1.40. The second-order valence-corrected chi connectivity index (χ2v) is 7.28. The molecule has 0 radical (unpaired) electrons. The minimum absolute atomic E-state index is 0.156. The highest BCUT2D eigenvalue weighted by atomic mass is 32.1. The number of rotatable bonds is 7. The number of amides is 2. The van der Waals surface area contributed by atoms with Gasteiger partial charge in [0, 0.05) is 6.42 Å². The van der Waals surface area contributed by atoms with Crippen molar-refractivity contribution >= 4 is 39.5 Å². The number of nitrogens with one attached hydrogen (secondary N) is 2. The maximum atomic E-state index is 12.1. The first-order valence-electron chi connectivity index (χ1n) is 8.95. The Hall–Kier alpha value is -2.94. The smallest absolute Gasteiger partial charge is 0.338 e. The van der Waals surface area contributed by atoms with Crippen molar-refractivity contribution in [2.24, 2.45) is 0 Å². The fraction of sp³-hybridized carbons (Fsp3) is 0.368. The summed E-state index contributed by atoms with van der Waals surface area (Å²) in [5, 5.41) is 5.97. The third kappa shape index (κ3) is 4.66. The molecule has 0 saturated heterocycles. The number of nitrogens with zero attached hydrogens (tertiary/aromatic N) is 1. The van der Waals surface area contributed by atoms with Crippen molar-refractivity contribution in [2.75, 3.05) is 13.2 Å². The fourth-order valence-corrected chi connectivity index (χ4v) is 3.82.